The van der Waals surface area contributed by atoms with E-state index < -0.39 is 0 Å². The van der Waals surface area contributed by atoms with Gasteiger partial charge >= 0.3 is 0 Å². The fraction of sp³-hybridized carbons (Fsp3) is 0.273. The van der Waals surface area contributed by atoms with Crippen molar-refractivity contribution < 1.29 is 4.74 Å². The summed E-state index contributed by atoms with van der Waals surface area (Å²) in [7, 11) is 1.68. The van der Waals surface area contributed by atoms with Gasteiger partial charge in [0.2, 0.25) is 0 Å². The van der Waals surface area contributed by atoms with Crippen molar-refractivity contribution in [3.05, 3.63) is 35.9 Å². The highest BCUT2D eigenvalue weighted by molar-refractivity contribution is 5.33. The highest BCUT2D eigenvalue weighted by atomic mass is 16.5. The summed E-state index contributed by atoms with van der Waals surface area (Å²) in [5.74, 6) is 6.08. The van der Waals surface area contributed by atoms with Crippen LogP contribution >= 0.6 is 0 Å². The molecule has 0 aliphatic rings. The van der Waals surface area contributed by atoms with Crippen LogP contribution in [0, 0.1) is 11.8 Å². The maximum absolute atomic E-state index is 4.88. The van der Waals surface area contributed by atoms with Gasteiger partial charge in [0.15, 0.2) is 0 Å². The molecule has 1 heteroatoms. The largest absolute Gasteiger partial charge is 0.384 e. The topological polar surface area (TPSA) is 9.23 Å². The summed E-state index contributed by atoms with van der Waals surface area (Å²) in [6.07, 6.45) is 0.797. The SMILES string of the molecule is COCCC#Cc1ccccc1. The minimum absolute atomic E-state index is 0.708. The Labute approximate surface area is 73.4 Å². The molecule has 12 heavy (non-hydrogen) atoms. The van der Waals surface area contributed by atoms with Crippen LogP contribution < -0.4 is 0 Å². The summed E-state index contributed by atoms with van der Waals surface area (Å²) in [5.41, 5.74) is 1.06. The molecule has 1 aromatic carbocycles. The van der Waals surface area contributed by atoms with Crippen LogP contribution in [-0.4, -0.2) is 13.7 Å². The van der Waals surface area contributed by atoms with Crippen LogP contribution in [0.4, 0.5) is 0 Å². The van der Waals surface area contributed by atoms with Crippen molar-refractivity contribution in [3.8, 4) is 11.8 Å². The van der Waals surface area contributed by atoms with Gasteiger partial charge < -0.3 is 4.74 Å². The van der Waals surface area contributed by atoms with Crippen molar-refractivity contribution in [2.75, 3.05) is 13.7 Å². The van der Waals surface area contributed by atoms with Gasteiger partial charge in [-0.3, -0.25) is 0 Å². The highest BCUT2D eigenvalue weighted by Gasteiger charge is 1.80. The lowest BCUT2D eigenvalue weighted by molar-refractivity contribution is 0.206. The number of ether oxygens (including phenoxy) is 1. The molecule has 0 atom stereocenters. The van der Waals surface area contributed by atoms with Gasteiger partial charge in [0.05, 0.1) is 6.61 Å². The van der Waals surface area contributed by atoms with E-state index in [4.69, 9.17) is 4.74 Å². The minimum atomic E-state index is 0.708. The van der Waals surface area contributed by atoms with E-state index in [1.165, 1.54) is 0 Å². The third kappa shape index (κ3) is 3.23. The van der Waals surface area contributed by atoms with E-state index in [-0.39, 0.29) is 0 Å². The minimum Gasteiger partial charge on any atom is -0.384 e. The van der Waals surface area contributed by atoms with E-state index in [1.807, 2.05) is 30.3 Å². The second-order valence-electron chi connectivity index (χ2n) is 2.41. The van der Waals surface area contributed by atoms with Crippen molar-refractivity contribution in [2.24, 2.45) is 0 Å². The summed E-state index contributed by atoms with van der Waals surface area (Å²) in [6, 6.07) is 9.96. The summed E-state index contributed by atoms with van der Waals surface area (Å²) in [5, 5.41) is 0. The Balaban J connectivity index is 2.44. The highest BCUT2D eigenvalue weighted by Crippen LogP contribution is 1.94. The molecule has 0 radical (unpaired) electrons. The summed E-state index contributed by atoms with van der Waals surface area (Å²) < 4.78 is 4.88. The zero-order valence-electron chi connectivity index (χ0n) is 7.21. The summed E-state index contributed by atoms with van der Waals surface area (Å²) >= 11 is 0. The van der Waals surface area contributed by atoms with Gasteiger partial charge in [0.1, 0.15) is 0 Å². The zero-order chi connectivity index (χ0) is 8.65. The average Bonchev–Trinajstić information content (AvgIpc) is 2.14. The van der Waals surface area contributed by atoms with Crippen molar-refractivity contribution in [1.29, 1.82) is 0 Å². The van der Waals surface area contributed by atoms with Crippen LogP contribution in [-0.2, 0) is 4.74 Å². The van der Waals surface area contributed by atoms with E-state index in [0.717, 1.165) is 12.0 Å². The predicted molar refractivity (Wildman–Crippen MR) is 49.8 cm³/mol. The monoisotopic (exact) mass is 160 g/mol. The molecule has 1 aromatic rings. The van der Waals surface area contributed by atoms with E-state index in [2.05, 4.69) is 11.8 Å². The molecule has 0 aliphatic heterocycles. The maximum atomic E-state index is 4.88. The first-order valence-corrected chi connectivity index (χ1v) is 3.96. The molecule has 1 nitrogen and oxygen atoms in total. The molecule has 0 aliphatic carbocycles. The van der Waals surface area contributed by atoms with E-state index in [1.54, 1.807) is 7.11 Å². The lowest BCUT2D eigenvalue weighted by atomic mass is 10.2. The molecule has 0 N–H and O–H groups in total. The van der Waals surface area contributed by atoms with Gasteiger partial charge in [0.25, 0.3) is 0 Å². The summed E-state index contributed by atoms with van der Waals surface area (Å²) in [4.78, 5) is 0. The molecule has 0 aromatic heterocycles. The normalized spacial score (nSPS) is 8.75. The standard InChI is InChI=1S/C11H12O/c1-12-10-6-5-9-11-7-3-2-4-8-11/h2-4,7-8H,6,10H2,1H3. The summed E-state index contributed by atoms with van der Waals surface area (Å²) in [6.45, 7) is 0.708. The quantitative estimate of drug-likeness (QED) is 0.475. The molecular formula is C11H12O. The van der Waals surface area contributed by atoms with Gasteiger partial charge in [-0.1, -0.05) is 30.0 Å². The third-order valence-electron chi connectivity index (χ3n) is 1.44. The Morgan fingerprint density at radius 1 is 1.25 bits per heavy atom. The van der Waals surface area contributed by atoms with Gasteiger partial charge in [0, 0.05) is 19.1 Å². The maximum Gasteiger partial charge on any atom is 0.0571 e. The first-order chi connectivity index (χ1) is 5.93. The van der Waals surface area contributed by atoms with Crippen molar-refractivity contribution in [3.63, 3.8) is 0 Å². The van der Waals surface area contributed by atoms with Crippen molar-refractivity contribution >= 4 is 0 Å². The van der Waals surface area contributed by atoms with Crippen LogP contribution in [0.1, 0.15) is 12.0 Å². The van der Waals surface area contributed by atoms with Crippen LogP contribution in [0.3, 0.4) is 0 Å². The third-order valence-corrected chi connectivity index (χ3v) is 1.44. The number of hydrogen-bond acceptors (Lipinski definition) is 1. The van der Waals surface area contributed by atoms with Crippen molar-refractivity contribution in [1.82, 2.24) is 0 Å². The second-order valence-corrected chi connectivity index (χ2v) is 2.41. The van der Waals surface area contributed by atoms with Gasteiger partial charge in [-0.2, -0.15) is 0 Å². The second kappa shape index (κ2) is 5.40. The molecular weight excluding hydrogens is 148 g/mol. The van der Waals surface area contributed by atoms with Crippen LogP contribution in [0.15, 0.2) is 30.3 Å². The molecule has 0 heterocycles. The number of benzene rings is 1. The molecule has 0 saturated heterocycles. The Kier molecular flexibility index (Phi) is 3.97. The van der Waals surface area contributed by atoms with E-state index in [9.17, 15) is 0 Å². The lowest BCUT2D eigenvalue weighted by Crippen LogP contribution is -1.84. The molecule has 0 spiro atoms. The van der Waals surface area contributed by atoms with Crippen LogP contribution in [0.25, 0.3) is 0 Å². The smallest absolute Gasteiger partial charge is 0.0571 e. The number of methoxy groups -OCH3 is 1. The number of rotatable bonds is 2. The molecule has 0 saturated carbocycles. The predicted octanol–water partition coefficient (Wildman–Crippen LogP) is 2.07. The number of hydrogen-bond donors (Lipinski definition) is 0. The van der Waals surface area contributed by atoms with E-state index >= 15 is 0 Å². The molecule has 0 unspecified atom stereocenters. The Morgan fingerprint density at radius 3 is 2.67 bits per heavy atom. The van der Waals surface area contributed by atoms with Crippen molar-refractivity contribution in [2.45, 2.75) is 6.42 Å². The first-order valence-electron chi connectivity index (χ1n) is 3.96. The van der Waals surface area contributed by atoms with Gasteiger partial charge in [-0.25, -0.2) is 0 Å². The molecule has 0 bridgehead atoms. The molecule has 0 amide bonds. The lowest BCUT2D eigenvalue weighted by Gasteiger charge is -1.88. The average molecular weight is 160 g/mol. The van der Waals surface area contributed by atoms with E-state index in [0.29, 0.717) is 6.61 Å². The van der Waals surface area contributed by atoms with Crippen LogP contribution in [0.5, 0.6) is 0 Å². The van der Waals surface area contributed by atoms with Gasteiger partial charge in [-0.15, -0.1) is 0 Å². The first kappa shape index (κ1) is 8.83. The zero-order valence-corrected chi connectivity index (χ0v) is 7.21. The van der Waals surface area contributed by atoms with Gasteiger partial charge in [-0.05, 0) is 12.1 Å². The fourth-order valence-electron chi connectivity index (χ4n) is 0.839. The molecule has 62 valence electrons. The Morgan fingerprint density at radius 2 is 2.00 bits per heavy atom. The fourth-order valence-corrected chi connectivity index (χ4v) is 0.839. The molecule has 0 fully saturated rings. The Hall–Kier alpha value is -1.26. The van der Waals surface area contributed by atoms with Crippen LogP contribution in [0.2, 0.25) is 0 Å². The molecule has 1 rings (SSSR count). The Bertz CT molecular complexity index is 266.